The molecule has 0 amide bonds. The molecule has 0 radical (unpaired) electrons. The molecule has 4 nitrogen and oxygen atoms in total. The van der Waals surface area contributed by atoms with Crippen LogP contribution in [0.5, 0.6) is 0 Å². The van der Waals surface area contributed by atoms with Crippen molar-refractivity contribution in [1.82, 2.24) is 4.98 Å². The number of oxazole rings is 1. The van der Waals surface area contributed by atoms with E-state index in [4.69, 9.17) is 4.42 Å². The molecule has 0 spiro atoms. The van der Waals surface area contributed by atoms with Crippen LogP contribution < -0.4 is 29.6 Å². The van der Waals surface area contributed by atoms with Crippen molar-refractivity contribution in [2.75, 3.05) is 0 Å². The van der Waals surface area contributed by atoms with Crippen LogP contribution in [0, 0.1) is 0 Å². The molecule has 0 aliphatic rings. The van der Waals surface area contributed by atoms with Crippen molar-refractivity contribution in [3.05, 3.63) is 24.3 Å². The molecular formula is C7H4NNaO3S. The van der Waals surface area contributed by atoms with E-state index in [1.54, 1.807) is 24.3 Å². The quantitative estimate of drug-likeness (QED) is 0.401. The van der Waals surface area contributed by atoms with Crippen molar-refractivity contribution >= 4 is 22.2 Å². The van der Waals surface area contributed by atoms with E-state index in [-0.39, 0.29) is 34.8 Å². The van der Waals surface area contributed by atoms with Crippen molar-refractivity contribution in [1.29, 1.82) is 0 Å². The predicted molar refractivity (Wildman–Crippen MR) is 41.2 cm³/mol. The number of aromatic nitrogens is 1. The van der Waals surface area contributed by atoms with E-state index < -0.39 is 11.1 Å². The van der Waals surface area contributed by atoms with E-state index >= 15 is 0 Å². The van der Waals surface area contributed by atoms with Gasteiger partial charge in [0, 0.05) is 11.1 Å². The number of nitrogens with zero attached hydrogens (tertiary/aromatic N) is 1. The Morgan fingerprint density at radius 3 is 2.69 bits per heavy atom. The number of para-hydroxylation sites is 2. The van der Waals surface area contributed by atoms with E-state index in [0.717, 1.165) is 0 Å². The van der Waals surface area contributed by atoms with Gasteiger partial charge in [-0.3, -0.25) is 4.21 Å². The van der Waals surface area contributed by atoms with Gasteiger partial charge in [0.1, 0.15) is 5.52 Å². The van der Waals surface area contributed by atoms with Gasteiger partial charge in [0.25, 0.3) is 5.22 Å². The smallest absolute Gasteiger partial charge is 0.765 e. The standard InChI is InChI=1S/C7H5NO3S.Na/c9-12(10)7-8-5-3-1-2-4-6(5)11-7;/h1-4H,(H,9,10);/q;+1/p-1. The molecule has 1 heterocycles. The van der Waals surface area contributed by atoms with Gasteiger partial charge in [-0.1, -0.05) is 12.1 Å². The molecule has 1 aromatic carbocycles. The van der Waals surface area contributed by atoms with Crippen LogP contribution >= 0.6 is 0 Å². The summed E-state index contributed by atoms with van der Waals surface area (Å²) in [6.45, 7) is 0. The third-order valence-corrected chi connectivity index (χ3v) is 1.88. The van der Waals surface area contributed by atoms with E-state index in [0.29, 0.717) is 11.1 Å². The van der Waals surface area contributed by atoms with Crippen LogP contribution in [0.3, 0.4) is 0 Å². The van der Waals surface area contributed by atoms with Gasteiger partial charge in [-0.05, 0) is 12.1 Å². The Labute approximate surface area is 98.9 Å². The summed E-state index contributed by atoms with van der Waals surface area (Å²) in [5.41, 5.74) is 1.04. The molecule has 0 N–H and O–H groups in total. The van der Waals surface area contributed by atoms with Crippen LogP contribution in [0.4, 0.5) is 0 Å². The van der Waals surface area contributed by atoms with Crippen LogP contribution in [0.2, 0.25) is 0 Å². The fraction of sp³-hybridized carbons (Fsp3) is 0. The Hall–Kier alpha value is -0.200. The van der Waals surface area contributed by atoms with Crippen LogP contribution in [0.15, 0.2) is 33.9 Å². The topological polar surface area (TPSA) is 66.2 Å². The molecule has 0 saturated heterocycles. The minimum Gasteiger partial charge on any atom is -0.765 e. The Morgan fingerprint density at radius 1 is 1.38 bits per heavy atom. The summed E-state index contributed by atoms with van der Waals surface area (Å²) in [7, 11) is 0. The summed E-state index contributed by atoms with van der Waals surface area (Å²) in [4.78, 5) is 3.73. The SMILES string of the molecule is O=S([O-])c1nc2ccccc2o1.[Na+]. The number of hydrogen-bond acceptors (Lipinski definition) is 4. The van der Waals surface area contributed by atoms with Gasteiger partial charge < -0.3 is 8.97 Å². The molecular weight excluding hydrogens is 201 g/mol. The maximum atomic E-state index is 10.4. The molecule has 0 aliphatic heterocycles. The second-order valence-corrected chi connectivity index (χ2v) is 3.00. The number of fused-ring (bicyclic) bond motifs is 1. The molecule has 0 aliphatic carbocycles. The maximum absolute atomic E-state index is 10.4. The van der Waals surface area contributed by atoms with Crippen LogP contribution in [0.1, 0.15) is 0 Å². The molecule has 2 rings (SSSR count). The van der Waals surface area contributed by atoms with Gasteiger partial charge in [0.2, 0.25) is 0 Å². The van der Waals surface area contributed by atoms with Crippen LogP contribution in [-0.2, 0) is 11.1 Å². The fourth-order valence-corrected chi connectivity index (χ4v) is 1.25. The normalized spacial score (nSPS) is 12.4. The average molecular weight is 205 g/mol. The summed E-state index contributed by atoms with van der Waals surface area (Å²) < 4.78 is 25.7. The molecule has 1 atom stereocenters. The van der Waals surface area contributed by atoms with Gasteiger partial charge >= 0.3 is 29.6 Å². The molecule has 6 heteroatoms. The van der Waals surface area contributed by atoms with Gasteiger partial charge in [-0.2, -0.15) is 0 Å². The Bertz CT molecular complexity index is 409. The molecule has 1 unspecified atom stereocenters. The van der Waals surface area contributed by atoms with Crippen LogP contribution in [-0.4, -0.2) is 13.7 Å². The van der Waals surface area contributed by atoms with Gasteiger partial charge in [0.15, 0.2) is 5.58 Å². The van der Waals surface area contributed by atoms with Crippen molar-refractivity contribution in [3.8, 4) is 0 Å². The molecule has 0 fully saturated rings. The van der Waals surface area contributed by atoms with Gasteiger partial charge in [0.05, 0.1) is 0 Å². The van der Waals surface area contributed by atoms with E-state index in [1.807, 2.05) is 0 Å². The maximum Gasteiger partial charge on any atom is 1.00 e. The summed E-state index contributed by atoms with van der Waals surface area (Å²) in [5.74, 6) is 0. The largest absolute Gasteiger partial charge is 1.00 e. The molecule has 1 aromatic heterocycles. The molecule has 13 heavy (non-hydrogen) atoms. The monoisotopic (exact) mass is 205 g/mol. The van der Waals surface area contributed by atoms with Crippen molar-refractivity contribution in [2.24, 2.45) is 0 Å². The second-order valence-electron chi connectivity index (χ2n) is 2.18. The molecule has 0 saturated carbocycles. The van der Waals surface area contributed by atoms with Gasteiger partial charge in [-0.15, -0.1) is 0 Å². The summed E-state index contributed by atoms with van der Waals surface area (Å²) in [6.07, 6.45) is 0. The number of benzene rings is 1. The average Bonchev–Trinajstić information content (AvgIpc) is 2.46. The van der Waals surface area contributed by atoms with Crippen molar-refractivity contribution in [2.45, 2.75) is 5.22 Å². The first-order chi connectivity index (χ1) is 5.77. The number of rotatable bonds is 1. The van der Waals surface area contributed by atoms with E-state index in [9.17, 15) is 8.76 Å². The minimum absolute atomic E-state index is 0. The zero-order valence-electron chi connectivity index (χ0n) is 6.89. The summed E-state index contributed by atoms with van der Waals surface area (Å²) >= 11 is -2.39. The van der Waals surface area contributed by atoms with Crippen molar-refractivity contribution in [3.63, 3.8) is 0 Å². The fourth-order valence-electron chi connectivity index (χ4n) is 0.922. The van der Waals surface area contributed by atoms with Crippen LogP contribution in [0.25, 0.3) is 11.1 Å². The Morgan fingerprint density at radius 2 is 2.08 bits per heavy atom. The number of hydrogen-bond donors (Lipinski definition) is 0. The third-order valence-electron chi connectivity index (χ3n) is 1.42. The first kappa shape index (κ1) is 10.9. The first-order valence-corrected chi connectivity index (χ1v) is 4.30. The summed E-state index contributed by atoms with van der Waals surface area (Å²) in [6, 6.07) is 6.88. The van der Waals surface area contributed by atoms with Gasteiger partial charge in [-0.25, -0.2) is 4.98 Å². The predicted octanol–water partition coefficient (Wildman–Crippen LogP) is -1.93. The summed E-state index contributed by atoms with van der Waals surface area (Å²) in [5, 5.41) is -0.267. The minimum atomic E-state index is -2.39. The Kier molecular flexibility index (Phi) is 3.63. The van der Waals surface area contributed by atoms with Crippen molar-refractivity contribution < 1.29 is 42.7 Å². The third kappa shape index (κ3) is 2.18. The van der Waals surface area contributed by atoms with E-state index in [2.05, 4.69) is 4.98 Å². The molecule has 62 valence electrons. The second kappa shape index (κ2) is 4.34. The zero-order chi connectivity index (χ0) is 8.55. The molecule has 2 aromatic rings. The zero-order valence-corrected chi connectivity index (χ0v) is 9.71. The first-order valence-electron chi connectivity index (χ1n) is 3.22. The Balaban J connectivity index is 0.000000845. The van der Waals surface area contributed by atoms with E-state index in [1.165, 1.54) is 0 Å². The molecule has 0 bridgehead atoms.